The minimum atomic E-state index is -0.161. The van der Waals surface area contributed by atoms with Crippen molar-refractivity contribution in [1.29, 1.82) is 0 Å². The van der Waals surface area contributed by atoms with E-state index in [1.807, 2.05) is 19.1 Å². The smallest absolute Gasteiger partial charge is 0.258 e. The van der Waals surface area contributed by atoms with E-state index in [-0.39, 0.29) is 11.8 Å². The molecule has 1 aromatic heterocycles. The van der Waals surface area contributed by atoms with Gasteiger partial charge in [-0.2, -0.15) is 4.98 Å². The first-order valence-corrected chi connectivity index (χ1v) is 9.50. The topological polar surface area (TPSA) is 77.7 Å². The van der Waals surface area contributed by atoms with Gasteiger partial charge in [0.25, 0.3) is 5.89 Å². The highest BCUT2D eigenvalue weighted by molar-refractivity contribution is 6.31. The number of anilines is 1. The summed E-state index contributed by atoms with van der Waals surface area (Å²) < 4.78 is 16.0. The van der Waals surface area contributed by atoms with Gasteiger partial charge in [0.05, 0.1) is 14.2 Å². The van der Waals surface area contributed by atoms with Crippen LogP contribution in [-0.4, -0.2) is 36.8 Å². The first kappa shape index (κ1) is 19.3. The Morgan fingerprint density at radius 2 is 1.86 bits per heavy atom. The Morgan fingerprint density at radius 3 is 2.55 bits per heavy atom. The molecule has 0 radical (unpaired) electrons. The average molecular weight is 414 g/mol. The Morgan fingerprint density at radius 1 is 1.14 bits per heavy atom. The average Bonchev–Trinajstić information content (AvgIpc) is 3.36. The Kier molecular flexibility index (Phi) is 5.15. The fourth-order valence-corrected chi connectivity index (χ4v) is 3.60. The molecule has 3 aromatic rings. The molecule has 8 heteroatoms. The molecule has 2 aromatic carbocycles. The summed E-state index contributed by atoms with van der Waals surface area (Å²) >= 11 is 6.12. The summed E-state index contributed by atoms with van der Waals surface area (Å²) in [6.45, 7) is 2.43. The molecule has 1 fully saturated rings. The molecule has 4 rings (SSSR count). The fraction of sp³-hybridized carbons (Fsp3) is 0.286. The summed E-state index contributed by atoms with van der Waals surface area (Å²) in [7, 11) is 3.16. The van der Waals surface area contributed by atoms with Gasteiger partial charge in [0.1, 0.15) is 11.5 Å². The summed E-state index contributed by atoms with van der Waals surface area (Å²) in [4.78, 5) is 18.9. The number of amides is 1. The molecule has 150 valence electrons. The van der Waals surface area contributed by atoms with Crippen molar-refractivity contribution >= 4 is 23.2 Å². The van der Waals surface area contributed by atoms with Gasteiger partial charge in [0, 0.05) is 41.2 Å². The van der Waals surface area contributed by atoms with Crippen molar-refractivity contribution in [3.8, 4) is 23.0 Å². The lowest BCUT2D eigenvalue weighted by molar-refractivity contribution is -0.117. The molecule has 1 atom stereocenters. The summed E-state index contributed by atoms with van der Waals surface area (Å²) in [6, 6.07) is 10.9. The first-order valence-electron chi connectivity index (χ1n) is 9.12. The molecule has 1 unspecified atom stereocenters. The van der Waals surface area contributed by atoms with Crippen LogP contribution in [0.25, 0.3) is 11.5 Å². The van der Waals surface area contributed by atoms with Crippen LogP contribution < -0.4 is 14.4 Å². The Bertz CT molecular complexity index is 1040. The van der Waals surface area contributed by atoms with Crippen LogP contribution in [0, 0.1) is 6.92 Å². The Hall–Kier alpha value is -3.06. The highest BCUT2D eigenvalue weighted by Gasteiger charge is 2.35. The Balaban J connectivity index is 1.59. The molecular formula is C21H20ClN3O4. The van der Waals surface area contributed by atoms with E-state index in [1.165, 1.54) is 0 Å². The maximum atomic E-state index is 12.6. The van der Waals surface area contributed by atoms with Crippen LogP contribution in [0.15, 0.2) is 40.9 Å². The van der Waals surface area contributed by atoms with E-state index in [0.717, 1.165) is 11.3 Å². The van der Waals surface area contributed by atoms with Crippen molar-refractivity contribution < 1.29 is 18.8 Å². The molecule has 1 aliphatic rings. The van der Waals surface area contributed by atoms with Gasteiger partial charge in [-0.1, -0.05) is 22.8 Å². The third-order valence-corrected chi connectivity index (χ3v) is 5.23. The zero-order chi connectivity index (χ0) is 20.5. The quantitative estimate of drug-likeness (QED) is 0.622. The highest BCUT2D eigenvalue weighted by Crippen LogP contribution is 2.35. The minimum Gasteiger partial charge on any atom is -0.497 e. The van der Waals surface area contributed by atoms with E-state index in [0.29, 0.717) is 46.8 Å². The van der Waals surface area contributed by atoms with E-state index in [9.17, 15) is 4.79 Å². The molecule has 0 bridgehead atoms. The number of nitrogens with zero attached hydrogens (tertiary/aromatic N) is 3. The molecule has 1 saturated heterocycles. The van der Waals surface area contributed by atoms with Crippen molar-refractivity contribution in [2.75, 3.05) is 25.7 Å². The molecule has 0 spiro atoms. The number of aromatic nitrogens is 2. The zero-order valence-corrected chi connectivity index (χ0v) is 17.1. The van der Waals surface area contributed by atoms with Gasteiger partial charge < -0.3 is 18.9 Å². The van der Waals surface area contributed by atoms with Gasteiger partial charge in [-0.3, -0.25) is 4.79 Å². The molecule has 2 heterocycles. The van der Waals surface area contributed by atoms with Crippen LogP contribution >= 0.6 is 11.6 Å². The second-order valence-corrected chi connectivity index (χ2v) is 7.33. The molecule has 0 aliphatic carbocycles. The molecular weight excluding hydrogens is 394 g/mol. The van der Waals surface area contributed by atoms with Gasteiger partial charge >= 0.3 is 0 Å². The van der Waals surface area contributed by atoms with Crippen molar-refractivity contribution in [2.24, 2.45) is 0 Å². The van der Waals surface area contributed by atoms with Gasteiger partial charge in [0.2, 0.25) is 5.91 Å². The van der Waals surface area contributed by atoms with E-state index in [2.05, 4.69) is 10.1 Å². The number of carbonyl (C=O) groups excluding carboxylic acids is 1. The van der Waals surface area contributed by atoms with E-state index < -0.39 is 0 Å². The van der Waals surface area contributed by atoms with Crippen LogP contribution in [0.1, 0.15) is 23.7 Å². The SMILES string of the molecule is COc1cc(OC)cc(-c2nc(C3CC(=O)N(c4cc(Cl)ccc4C)C3)no2)c1. The van der Waals surface area contributed by atoms with E-state index in [4.69, 9.17) is 25.6 Å². The molecule has 7 nitrogen and oxygen atoms in total. The lowest BCUT2D eigenvalue weighted by Crippen LogP contribution is -2.25. The third kappa shape index (κ3) is 3.78. The van der Waals surface area contributed by atoms with Crippen LogP contribution in [0.4, 0.5) is 5.69 Å². The summed E-state index contributed by atoms with van der Waals surface area (Å²) in [5.41, 5.74) is 2.48. The van der Waals surface area contributed by atoms with Gasteiger partial charge in [-0.25, -0.2) is 0 Å². The second kappa shape index (κ2) is 7.75. The molecule has 0 saturated carbocycles. The number of hydrogen-bond acceptors (Lipinski definition) is 6. The standard InChI is InChI=1S/C21H20ClN3O4/c1-12-4-5-15(22)9-18(12)25-11-14(8-19(25)26)20-23-21(29-24-20)13-6-16(27-2)10-17(7-13)28-3/h4-7,9-10,14H,8,11H2,1-3H3. The fourth-order valence-electron chi connectivity index (χ4n) is 3.44. The third-order valence-electron chi connectivity index (χ3n) is 4.99. The van der Waals surface area contributed by atoms with Crippen LogP contribution in [-0.2, 0) is 4.79 Å². The zero-order valence-electron chi connectivity index (χ0n) is 16.3. The summed E-state index contributed by atoms with van der Waals surface area (Å²) in [6.07, 6.45) is 0.312. The predicted octanol–water partition coefficient (Wildman–Crippen LogP) is 4.24. The maximum absolute atomic E-state index is 12.6. The molecule has 1 aliphatic heterocycles. The number of halogens is 1. The monoisotopic (exact) mass is 413 g/mol. The largest absolute Gasteiger partial charge is 0.497 e. The molecule has 0 N–H and O–H groups in total. The number of methoxy groups -OCH3 is 2. The van der Waals surface area contributed by atoms with Gasteiger partial charge in [-0.15, -0.1) is 0 Å². The first-order chi connectivity index (χ1) is 14.0. The molecule has 1 amide bonds. The van der Waals surface area contributed by atoms with Crippen LogP contribution in [0.5, 0.6) is 11.5 Å². The Labute approximate surface area is 173 Å². The van der Waals surface area contributed by atoms with Crippen molar-refractivity contribution in [2.45, 2.75) is 19.3 Å². The van der Waals surface area contributed by atoms with Crippen LogP contribution in [0.2, 0.25) is 5.02 Å². The summed E-state index contributed by atoms with van der Waals surface area (Å²) in [5, 5.41) is 4.71. The lowest BCUT2D eigenvalue weighted by atomic mass is 10.1. The molecule has 29 heavy (non-hydrogen) atoms. The number of carbonyl (C=O) groups is 1. The predicted molar refractivity (Wildman–Crippen MR) is 109 cm³/mol. The number of rotatable bonds is 5. The minimum absolute atomic E-state index is 0.00904. The lowest BCUT2D eigenvalue weighted by Gasteiger charge is -2.19. The maximum Gasteiger partial charge on any atom is 0.258 e. The van der Waals surface area contributed by atoms with Crippen LogP contribution in [0.3, 0.4) is 0 Å². The van der Waals surface area contributed by atoms with E-state index >= 15 is 0 Å². The number of ether oxygens (including phenoxy) is 2. The number of aryl methyl sites for hydroxylation is 1. The summed E-state index contributed by atoms with van der Waals surface area (Å²) in [5.74, 6) is 1.94. The number of benzene rings is 2. The van der Waals surface area contributed by atoms with Crippen molar-refractivity contribution in [3.63, 3.8) is 0 Å². The second-order valence-electron chi connectivity index (χ2n) is 6.90. The number of hydrogen-bond donors (Lipinski definition) is 0. The van der Waals surface area contributed by atoms with E-state index in [1.54, 1.807) is 43.4 Å². The normalized spacial score (nSPS) is 16.3. The van der Waals surface area contributed by atoms with Crippen molar-refractivity contribution in [3.05, 3.63) is 52.8 Å². The van der Waals surface area contributed by atoms with Gasteiger partial charge in [-0.05, 0) is 36.8 Å². The van der Waals surface area contributed by atoms with Crippen molar-refractivity contribution in [1.82, 2.24) is 10.1 Å². The highest BCUT2D eigenvalue weighted by atomic mass is 35.5. The van der Waals surface area contributed by atoms with Gasteiger partial charge in [0.15, 0.2) is 5.82 Å².